The summed E-state index contributed by atoms with van der Waals surface area (Å²) in [6.07, 6.45) is 6.87. The van der Waals surface area contributed by atoms with E-state index in [1.165, 1.54) is 11.1 Å². The van der Waals surface area contributed by atoms with Crippen molar-refractivity contribution in [1.29, 1.82) is 0 Å². The van der Waals surface area contributed by atoms with E-state index in [0.717, 1.165) is 19.3 Å². The Morgan fingerprint density at radius 3 is 2.81 bits per heavy atom. The minimum Gasteiger partial charge on any atom is -0.481 e. The van der Waals surface area contributed by atoms with Crippen molar-refractivity contribution >= 4 is 5.97 Å². The lowest BCUT2D eigenvalue weighted by Gasteiger charge is -2.35. The van der Waals surface area contributed by atoms with E-state index in [-0.39, 0.29) is 5.92 Å². The molecule has 1 aliphatic carbocycles. The summed E-state index contributed by atoms with van der Waals surface area (Å²) in [6.45, 7) is 8.12. The van der Waals surface area contributed by atoms with Crippen LogP contribution in [0, 0.1) is 11.3 Å². The summed E-state index contributed by atoms with van der Waals surface area (Å²) in [6, 6.07) is 0. The van der Waals surface area contributed by atoms with Gasteiger partial charge in [-0.2, -0.15) is 0 Å². The van der Waals surface area contributed by atoms with Gasteiger partial charge in [0.1, 0.15) is 0 Å². The van der Waals surface area contributed by atoms with Gasteiger partial charge in [-0.1, -0.05) is 30.2 Å². The number of carboxylic acids is 1. The number of rotatable bonds is 3. The molecular weight excluding hydrogens is 200 g/mol. The molecule has 16 heavy (non-hydrogen) atoms. The highest BCUT2D eigenvalue weighted by atomic mass is 16.4. The van der Waals surface area contributed by atoms with Crippen molar-refractivity contribution in [1.82, 2.24) is 0 Å². The zero-order valence-electron chi connectivity index (χ0n) is 10.7. The average molecular weight is 222 g/mol. The lowest BCUT2D eigenvalue weighted by Crippen LogP contribution is -2.36. The summed E-state index contributed by atoms with van der Waals surface area (Å²) in [7, 11) is 0. The van der Waals surface area contributed by atoms with Crippen LogP contribution in [0.1, 0.15) is 47.0 Å². The molecule has 0 amide bonds. The molecule has 0 aromatic carbocycles. The minimum absolute atomic E-state index is 0.0405. The van der Waals surface area contributed by atoms with Gasteiger partial charge in [0.15, 0.2) is 0 Å². The van der Waals surface area contributed by atoms with Crippen LogP contribution in [0.25, 0.3) is 0 Å². The van der Waals surface area contributed by atoms with Crippen molar-refractivity contribution in [2.24, 2.45) is 11.3 Å². The fourth-order valence-corrected chi connectivity index (χ4v) is 2.10. The quantitative estimate of drug-likeness (QED) is 0.738. The molecule has 1 rings (SSSR count). The molecule has 1 N–H and O–H groups in total. The maximum atomic E-state index is 11.4. The van der Waals surface area contributed by atoms with Gasteiger partial charge in [-0.3, -0.25) is 4.79 Å². The zero-order chi connectivity index (χ0) is 12.3. The third-order valence-electron chi connectivity index (χ3n) is 3.75. The molecule has 1 aliphatic rings. The van der Waals surface area contributed by atoms with Crippen LogP contribution in [0.2, 0.25) is 0 Å². The molecule has 0 aromatic rings. The molecule has 0 radical (unpaired) electrons. The van der Waals surface area contributed by atoms with Crippen LogP contribution in [-0.4, -0.2) is 11.1 Å². The summed E-state index contributed by atoms with van der Waals surface area (Å²) < 4.78 is 0. The van der Waals surface area contributed by atoms with Gasteiger partial charge in [0.05, 0.1) is 5.41 Å². The second-order valence-corrected chi connectivity index (χ2v) is 5.13. The minimum atomic E-state index is -0.679. The first-order chi connectivity index (χ1) is 7.40. The first kappa shape index (κ1) is 13.0. The third kappa shape index (κ3) is 2.55. The van der Waals surface area contributed by atoms with E-state index in [9.17, 15) is 9.90 Å². The van der Waals surface area contributed by atoms with E-state index in [4.69, 9.17) is 0 Å². The highest BCUT2D eigenvalue weighted by molar-refractivity contribution is 5.75. The van der Waals surface area contributed by atoms with Crippen LogP contribution in [0.15, 0.2) is 23.3 Å². The number of aliphatic carboxylic acids is 1. The van der Waals surface area contributed by atoms with Crippen molar-refractivity contribution < 1.29 is 9.90 Å². The maximum Gasteiger partial charge on any atom is 0.310 e. The standard InChI is InChI=1S/C14H22O2/c1-5-10(2)8-12-9-11(3)6-7-14(12,4)13(15)16/h8-9,12H,5-7H2,1-4H3,(H,15,16)/b10-8-/t12?,14-/m1/s1. The SMILES string of the molecule is CC/C(C)=C\C1C=C(C)CC[C@@]1(C)C(=O)O. The van der Waals surface area contributed by atoms with Gasteiger partial charge in [0.25, 0.3) is 0 Å². The molecule has 0 saturated carbocycles. The summed E-state index contributed by atoms with van der Waals surface area (Å²) in [4.78, 5) is 11.4. The second-order valence-electron chi connectivity index (χ2n) is 5.13. The predicted molar refractivity (Wildman–Crippen MR) is 66.3 cm³/mol. The Morgan fingerprint density at radius 1 is 1.69 bits per heavy atom. The van der Waals surface area contributed by atoms with Crippen molar-refractivity contribution in [2.45, 2.75) is 47.0 Å². The largest absolute Gasteiger partial charge is 0.481 e. The molecule has 0 aliphatic heterocycles. The highest BCUT2D eigenvalue weighted by Gasteiger charge is 2.40. The number of hydrogen-bond donors (Lipinski definition) is 1. The van der Waals surface area contributed by atoms with Crippen molar-refractivity contribution in [3.63, 3.8) is 0 Å². The topological polar surface area (TPSA) is 37.3 Å². The molecule has 0 saturated heterocycles. The molecule has 2 atom stereocenters. The summed E-state index contributed by atoms with van der Waals surface area (Å²) in [5.74, 6) is -0.639. The number of hydrogen-bond acceptors (Lipinski definition) is 1. The van der Waals surface area contributed by atoms with Crippen molar-refractivity contribution in [2.75, 3.05) is 0 Å². The fourth-order valence-electron chi connectivity index (χ4n) is 2.10. The van der Waals surface area contributed by atoms with Gasteiger partial charge in [0.2, 0.25) is 0 Å². The van der Waals surface area contributed by atoms with Crippen LogP contribution in [0.5, 0.6) is 0 Å². The summed E-state index contributed by atoms with van der Waals surface area (Å²) in [5.41, 5.74) is 1.95. The lowest BCUT2D eigenvalue weighted by atomic mass is 9.68. The highest BCUT2D eigenvalue weighted by Crippen LogP contribution is 2.41. The average Bonchev–Trinajstić information content (AvgIpc) is 2.23. The molecule has 0 fully saturated rings. The van der Waals surface area contributed by atoms with Gasteiger partial charge >= 0.3 is 5.97 Å². The first-order valence-electron chi connectivity index (χ1n) is 5.98. The second kappa shape index (κ2) is 4.86. The molecule has 2 nitrogen and oxygen atoms in total. The number of allylic oxidation sites excluding steroid dienone is 4. The molecule has 90 valence electrons. The Morgan fingerprint density at radius 2 is 2.31 bits per heavy atom. The first-order valence-corrected chi connectivity index (χ1v) is 5.98. The molecule has 2 heteroatoms. The van der Waals surface area contributed by atoms with Crippen LogP contribution < -0.4 is 0 Å². The maximum absolute atomic E-state index is 11.4. The number of carboxylic acid groups (broad SMARTS) is 1. The lowest BCUT2D eigenvalue weighted by molar-refractivity contribution is -0.150. The molecular formula is C14H22O2. The predicted octanol–water partition coefficient (Wildman–Crippen LogP) is 3.79. The molecule has 0 bridgehead atoms. The Labute approximate surface area is 98.1 Å². The van der Waals surface area contributed by atoms with Crippen LogP contribution in [0.3, 0.4) is 0 Å². The van der Waals surface area contributed by atoms with E-state index >= 15 is 0 Å². The van der Waals surface area contributed by atoms with Gasteiger partial charge in [-0.15, -0.1) is 0 Å². The van der Waals surface area contributed by atoms with Gasteiger partial charge < -0.3 is 5.11 Å². The van der Waals surface area contributed by atoms with Gasteiger partial charge in [0, 0.05) is 5.92 Å². The van der Waals surface area contributed by atoms with Crippen LogP contribution in [-0.2, 0) is 4.79 Å². The van der Waals surface area contributed by atoms with Crippen LogP contribution >= 0.6 is 0 Å². The normalized spacial score (nSPS) is 31.1. The van der Waals surface area contributed by atoms with Crippen molar-refractivity contribution in [3.8, 4) is 0 Å². The van der Waals surface area contributed by atoms with Crippen LogP contribution in [0.4, 0.5) is 0 Å². The summed E-state index contributed by atoms with van der Waals surface area (Å²) >= 11 is 0. The molecule has 0 aromatic heterocycles. The van der Waals surface area contributed by atoms with E-state index in [1.54, 1.807) is 0 Å². The van der Waals surface area contributed by atoms with Gasteiger partial charge in [-0.25, -0.2) is 0 Å². The Bertz CT molecular complexity index is 339. The summed E-state index contributed by atoms with van der Waals surface area (Å²) in [5, 5.41) is 9.38. The van der Waals surface area contributed by atoms with E-state index < -0.39 is 11.4 Å². The monoisotopic (exact) mass is 222 g/mol. The van der Waals surface area contributed by atoms with Crippen molar-refractivity contribution in [3.05, 3.63) is 23.3 Å². The van der Waals surface area contributed by atoms with E-state index in [1.807, 2.05) is 6.92 Å². The molecule has 1 unspecified atom stereocenters. The van der Waals surface area contributed by atoms with E-state index in [0.29, 0.717) is 0 Å². The Kier molecular flexibility index (Phi) is 3.95. The Hall–Kier alpha value is -1.05. The molecule has 0 spiro atoms. The zero-order valence-corrected chi connectivity index (χ0v) is 10.7. The fraction of sp³-hybridized carbons (Fsp3) is 0.643. The number of carbonyl (C=O) groups is 1. The molecule has 0 heterocycles. The third-order valence-corrected chi connectivity index (χ3v) is 3.75. The van der Waals surface area contributed by atoms with Gasteiger partial charge in [-0.05, 0) is 40.0 Å². The Balaban J connectivity index is 3.07. The van der Waals surface area contributed by atoms with E-state index in [2.05, 4.69) is 32.9 Å². The smallest absolute Gasteiger partial charge is 0.310 e.